The molecule has 2 aliphatic rings. The van der Waals surface area contributed by atoms with Crippen molar-refractivity contribution in [2.45, 2.75) is 31.7 Å². The number of ether oxygens (including phenoxy) is 1. The maximum Gasteiger partial charge on any atom is 0.331 e. The molecule has 0 aromatic heterocycles. The molecule has 0 radical (unpaired) electrons. The molecule has 1 aromatic rings. The smallest absolute Gasteiger partial charge is 0.331 e. The molecule has 0 atom stereocenters. The summed E-state index contributed by atoms with van der Waals surface area (Å²) in [6, 6.07) is 5.30. The van der Waals surface area contributed by atoms with Crippen LogP contribution in [0.15, 0.2) is 18.2 Å². The number of halogens is 1. The fourth-order valence-corrected chi connectivity index (χ4v) is 3.04. The predicted octanol–water partition coefficient (Wildman–Crippen LogP) is 2.12. The number of fused-ring (bicyclic) bond motifs is 1. The van der Waals surface area contributed by atoms with Crippen LogP contribution in [-0.4, -0.2) is 31.0 Å². The van der Waals surface area contributed by atoms with Crippen LogP contribution in [-0.2, 0) is 9.59 Å². The monoisotopic (exact) mass is 308 g/mol. The van der Waals surface area contributed by atoms with E-state index in [0.29, 0.717) is 16.5 Å². The number of anilines is 1. The molecular formula is C15H17ClN2O3. The summed E-state index contributed by atoms with van der Waals surface area (Å²) in [6.45, 7) is 0.199. The molecule has 1 aliphatic heterocycles. The van der Waals surface area contributed by atoms with Crippen LogP contribution < -0.4 is 15.0 Å². The van der Waals surface area contributed by atoms with Crippen molar-refractivity contribution in [1.82, 2.24) is 5.32 Å². The Hall–Kier alpha value is -1.75. The molecule has 1 amide bonds. The highest BCUT2D eigenvalue weighted by atomic mass is 35.5. The molecule has 1 saturated carbocycles. The van der Waals surface area contributed by atoms with Crippen LogP contribution in [0.2, 0.25) is 5.02 Å². The normalized spacial score (nSPS) is 18.3. The largest absolute Gasteiger partial charge is 0.423 e. The highest BCUT2D eigenvalue weighted by Gasteiger charge is 2.27. The van der Waals surface area contributed by atoms with Gasteiger partial charge in [-0.3, -0.25) is 4.79 Å². The van der Waals surface area contributed by atoms with E-state index >= 15 is 0 Å². The predicted molar refractivity (Wildman–Crippen MR) is 79.7 cm³/mol. The second-order valence-corrected chi connectivity index (χ2v) is 5.93. The number of amides is 1. The van der Waals surface area contributed by atoms with Gasteiger partial charge in [0.2, 0.25) is 5.91 Å². The van der Waals surface area contributed by atoms with Gasteiger partial charge in [0.05, 0.1) is 12.2 Å². The lowest BCUT2D eigenvalue weighted by Gasteiger charge is -2.29. The Morgan fingerprint density at radius 3 is 2.90 bits per heavy atom. The van der Waals surface area contributed by atoms with Crippen molar-refractivity contribution in [3.63, 3.8) is 0 Å². The molecular weight excluding hydrogens is 292 g/mol. The first-order valence-electron chi connectivity index (χ1n) is 7.16. The topological polar surface area (TPSA) is 58.6 Å². The Bertz CT molecular complexity index is 570. The first-order valence-corrected chi connectivity index (χ1v) is 7.54. The quantitative estimate of drug-likeness (QED) is 0.686. The van der Waals surface area contributed by atoms with Crippen molar-refractivity contribution in [2.24, 2.45) is 0 Å². The Kier molecular flexibility index (Phi) is 4.01. The number of nitrogens with one attached hydrogen (secondary N) is 1. The van der Waals surface area contributed by atoms with Gasteiger partial charge in [-0.25, -0.2) is 4.79 Å². The molecule has 3 rings (SSSR count). The summed E-state index contributed by atoms with van der Waals surface area (Å²) in [6.07, 6.45) is 4.41. The Morgan fingerprint density at radius 2 is 2.14 bits per heavy atom. The van der Waals surface area contributed by atoms with E-state index in [4.69, 9.17) is 16.3 Å². The number of carbonyl (C=O) groups excluding carboxylic acids is 2. The minimum Gasteiger partial charge on any atom is -0.423 e. The van der Waals surface area contributed by atoms with Gasteiger partial charge in [0.1, 0.15) is 6.54 Å². The zero-order chi connectivity index (χ0) is 14.8. The summed E-state index contributed by atoms with van der Waals surface area (Å²) in [7, 11) is 0. The molecule has 0 bridgehead atoms. The van der Waals surface area contributed by atoms with E-state index in [1.807, 2.05) is 0 Å². The second kappa shape index (κ2) is 5.93. The van der Waals surface area contributed by atoms with Crippen LogP contribution in [0.1, 0.15) is 25.7 Å². The molecule has 1 aliphatic carbocycles. The molecule has 5 nitrogen and oxygen atoms in total. The number of esters is 1. The van der Waals surface area contributed by atoms with Crippen LogP contribution in [0.4, 0.5) is 5.69 Å². The molecule has 1 N–H and O–H groups in total. The van der Waals surface area contributed by atoms with Gasteiger partial charge in [-0.05, 0) is 31.0 Å². The van der Waals surface area contributed by atoms with Gasteiger partial charge in [-0.2, -0.15) is 0 Å². The Morgan fingerprint density at radius 1 is 1.38 bits per heavy atom. The minimum atomic E-state index is -0.363. The highest BCUT2D eigenvalue weighted by molar-refractivity contribution is 6.31. The summed E-state index contributed by atoms with van der Waals surface area (Å²) in [5, 5.41) is 3.57. The summed E-state index contributed by atoms with van der Waals surface area (Å²) in [4.78, 5) is 25.5. The zero-order valence-corrected chi connectivity index (χ0v) is 12.4. The summed E-state index contributed by atoms with van der Waals surface area (Å²) in [5.41, 5.74) is 0.684. The van der Waals surface area contributed by atoms with Crippen molar-refractivity contribution in [1.29, 1.82) is 0 Å². The van der Waals surface area contributed by atoms with E-state index in [2.05, 4.69) is 5.32 Å². The third-order valence-electron chi connectivity index (χ3n) is 3.86. The molecule has 0 spiro atoms. The van der Waals surface area contributed by atoms with Crippen LogP contribution in [0.5, 0.6) is 5.75 Å². The SMILES string of the molecule is O=C(CN1CC(=O)Oc2ccc(Cl)cc21)NC1CCCC1. The maximum absolute atomic E-state index is 12.1. The van der Waals surface area contributed by atoms with E-state index in [1.165, 1.54) is 12.8 Å². The number of nitrogens with zero attached hydrogens (tertiary/aromatic N) is 1. The first-order chi connectivity index (χ1) is 10.1. The van der Waals surface area contributed by atoms with Gasteiger partial charge in [-0.15, -0.1) is 0 Å². The molecule has 0 saturated heterocycles. The van der Waals surface area contributed by atoms with E-state index in [9.17, 15) is 9.59 Å². The van der Waals surface area contributed by atoms with Gasteiger partial charge in [-0.1, -0.05) is 24.4 Å². The molecule has 0 unspecified atom stereocenters. The molecule has 112 valence electrons. The van der Waals surface area contributed by atoms with Crippen molar-refractivity contribution in [2.75, 3.05) is 18.0 Å². The van der Waals surface area contributed by atoms with Crippen LogP contribution >= 0.6 is 11.6 Å². The van der Waals surface area contributed by atoms with Crippen molar-refractivity contribution in [3.8, 4) is 5.75 Å². The lowest BCUT2D eigenvalue weighted by atomic mass is 10.2. The number of rotatable bonds is 3. The number of hydrogen-bond acceptors (Lipinski definition) is 4. The second-order valence-electron chi connectivity index (χ2n) is 5.49. The fraction of sp³-hybridized carbons (Fsp3) is 0.467. The van der Waals surface area contributed by atoms with Gasteiger partial charge in [0.15, 0.2) is 5.75 Å². The molecule has 1 fully saturated rings. The Balaban J connectivity index is 1.71. The van der Waals surface area contributed by atoms with Crippen LogP contribution in [0.25, 0.3) is 0 Å². The van der Waals surface area contributed by atoms with Gasteiger partial charge in [0, 0.05) is 11.1 Å². The van der Waals surface area contributed by atoms with Crippen LogP contribution in [0.3, 0.4) is 0 Å². The highest BCUT2D eigenvalue weighted by Crippen LogP contribution is 2.34. The fourth-order valence-electron chi connectivity index (χ4n) is 2.88. The van der Waals surface area contributed by atoms with Gasteiger partial charge in [0.25, 0.3) is 0 Å². The summed E-state index contributed by atoms with van der Waals surface area (Å²) >= 11 is 5.98. The summed E-state index contributed by atoms with van der Waals surface area (Å²) < 4.78 is 5.16. The van der Waals surface area contributed by atoms with E-state index in [0.717, 1.165) is 12.8 Å². The molecule has 21 heavy (non-hydrogen) atoms. The van der Waals surface area contributed by atoms with Crippen molar-refractivity contribution >= 4 is 29.2 Å². The van der Waals surface area contributed by atoms with Crippen molar-refractivity contribution < 1.29 is 14.3 Å². The molecule has 1 aromatic carbocycles. The average molecular weight is 309 g/mol. The van der Waals surface area contributed by atoms with Crippen molar-refractivity contribution in [3.05, 3.63) is 23.2 Å². The standard InChI is InChI=1S/C15H17ClN2O3/c16-10-5-6-13-12(7-10)18(9-15(20)21-13)8-14(19)17-11-3-1-2-4-11/h5-7,11H,1-4,8-9H2,(H,17,19). The van der Waals surface area contributed by atoms with E-state index in [-0.39, 0.29) is 31.0 Å². The first kappa shape index (κ1) is 14.2. The lowest BCUT2D eigenvalue weighted by Crippen LogP contribution is -2.45. The number of benzene rings is 1. The number of carbonyl (C=O) groups is 2. The third kappa shape index (κ3) is 3.29. The van der Waals surface area contributed by atoms with E-state index < -0.39 is 0 Å². The Labute approximate surface area is 128 Å². The maximum atomic E-state index is 12.1. The summed E-state index contributed by atoms with van der Waals surface area (Å²) in [5.74, 6) is 0.0188. The minimum absolute atomic E-state index is 0.0609. The zero-order valence-electron chi connectivity index (χ0n) is 11.6. The third-order valence-corrected chi connectivity index (χ3v) is 4.10. The average Bonchev–Trinajstić information content (AvgIpc) is 2.92. The molecule has 1 heterocycles. The van der Waals surface area contributed by atoms with Gasteiger partial charge < -0.3 is 15.0 Å². The molecule has 6 heteroatoms. The lowest BCUT2D eigenvalue weighted by molar-refractivity contribution is -0.133. The van der Waals surface area contributed by atoms with Crippen LogP contribution in [0, 0.1) is 0 Å². The number of hydrogen-bond donors (Lipinski definition) is 1. The van der Waals surface area contributed by atoms with Gasteiger partial charge >= 0.3 is 5.97 Å². The van der Waals surface area contributed by atoms with E-state index in [1.54, 1.807) is 23.1 Å².